The number of carbonyl (C=O) groups excluding carboxylic acids is 1. The van der Waals surface area contributed by atoms with E-state index in [-0.39, 0.29) is 18.3 Å². The third kappa shape index (κ3) is 5.70. The van der Waals surface area contributed by atoms with Crippen LogP contribution in [0, 0.1) is 17.3 Å². The molecule has 1 heterocycles. The molecule has 1 saturated heterocycles. The van der Waals surface area contributed by atoms with Gasteiger partial charge >= 0.3 is 0 Å². The van der Waals surface area contributed by atoms with Crippen molar-refractivity contribution in [1.29, 1.82) is 0 Å². The van der Waals surface area contributed by atoms with Crippen LogP contribution in [-0.2, 0) is 4.79 Å². The van der Waals surface area contributed by atoms with Crippen LogP contribution >= 0.6 is 12.4 Å². The normalized spacial score (nSPS) is 26.7. The second kappa shape index (κ2) is 7.49. The lowest BCUT2D eigenvalue weighted by molar-refractivity contribution is -0.122. The lowest BCUT2D eigenvalue weighted by Gasteiger charge is -2.34. The van der Waals surface area contributed by atoms with E-state index in [1.165, 1.54) is 25.7 Å². The highest BCUT2D eigenvalue weighted by molar-refractivity contribution is 5.85. The second-order valence-corrected chi connectivity index (χ2v) is 6.97. The fourth-order valence-electron chi connectivity index (χ4n) is 3.14. The number of hydrogen-bond acceptors (Lipinski definition) is 2. The van der Waals surface area contributed by atoms with Gasteiger partial charge in [0.25, 0.3) is 0 Å². The zero-order chi connectivity index (χ0) is 13.0. The molecule has 2 rings (SSSR count). The second-order valence-electron chi connectivity index (χ2n) is 6.97. The van der Waals surface area contributed by atoms with Crippen LogP contribution in [-0.4, -0.2) is 25.5 Å². The van der Waals surface area contributed by atoms with Gasteiger partial charge in [0.2, 0.25) is 5.91 Å². The molecule has 0 aromatic carbocycles. The van der Waals surface area contributed by atoms with Crippen molar-refractivity contribution in [1.82, 2.24) is 10.6 Å². The summed E-state index contributed by atoms with van der Waals surface area (Å²) in [4.78, 5) is 11.8. The van der Waals surface area contributed by atoms with Crippen molar-refractivity contribution in [3.63, 3.8) is 0 Å². The monoisotopic (exact) mass is 288 g/mol. The summed E-state index contributed by atoms with van der Waals surface area (Å²) in [6.07, 6.45) is 7.03. The summed E-state index contributed by atoms with van der Waals surface area (Å²) in [5.74, 6) is 1.53. The topological polar surface area (TPSA) is 41.1 Å². The first-order valence-corrected chi connectivity index (χ1v) is 7.52. The highest BCUT2D eigenvalue weighted by Crippen LogP contribution is 2.37. The Kier molecular flexibility index (Phi) is 6.61. The summed E-state index contributed by atoms with van der Waals surface area (Å²) in [5, 5.41) is 6.45. The molecule has 1 amide bonds. The first kappa shape index (κ1) is 16.8. The van der Waals surface area contributed by atoms with Crippen molar-refractivity contribution in [3.8, 4) is 0 Å². The van der Waals surface area contributed by atoms with E-state index >= 15 is 0 Å². The molecular formula is C15H29ClN2O. The molecule has 19 heavy (non-hydrogen) atoms. The van der Waals surface area contributed by atoms with Gasteiger partial charge < -0.3 is 10.6 Å². The third-order valence-electron chi connectivity index (χ3n) is 4.68. The Bertz CT molecular complexity index is 278. The fourth-order valence-corrected chi connectivity index (χ4v) is 3.14. The summed E-state index contributed by atoms with van der Waals surface area (Å²) in [7, 11) is 0. The molecule has 1 aliphatic carbocycles. The van der Waals surface area contributed by atoms with Crippen LogP contribution in [0.1, 0.15) is 52.4 Å². The zero-order valence-electron chi connectivity index (χ0n) is 12.3. The van der Waals surface area contributed by atoms with Gasteiger partial charge in [0.05, 0.1) is 0 Å². The highest BCUT2D eigenvalue weighted by atomic mass is 35.5. The summed E-state index contributed by atoms with van der Waals surface area (Å²) >= 11 is 0. The molecule has 2 N–H and O–H groups in total. The Morgan fingerprint density at radius 3 is 2.47 bits per heavy atom. The number of hydrogen-bond donors (Lipinski definition) is 2. The number of rotatable bonds is 4. The van der Waals surface area contributed by atoms with Gasteiger partial charge in [0, 0.05) is 13.0 Å². The largest absolute Gasteiger partial charge is 0.356 e. The van der Waals surface area contributed by atoms with Crippen molar-refractivity contribution in [2.45, 2.75) is 52.4 Å². The summed E-state index contributed by atoms with van der Waals surface area (Å²) in [6.45, 7) is 7.71. The zero-order valence-corrected chi connectivity index (χ0v) is 13.2. The van der Waals surface area contributed by atoms with Crippen LogP contribution in [0.3, 0.4) is 0 Å². The van der Waals surface area contributed by atoms with Crippen molar-refractivity contribution in [2.24, 2.45) is 17.3 Å². The minimum Gasteiger partial charge on any atom is -0.356 e. The molecular weight excluding hydrogens is 260 g/mol. The minimum atomic E-state index is 0. The number of amides is 1. The van der Waals surface area contributed by atoms with E-state index in [0.717, 1.165) is 26.1 Å². The minimum absolute atomic E-state index is 0. The number of nitrogens with one attached hydrogen (secondary N) is 2. The highest BCUT2D eigenvalue weighted by Gasteiger charge is 2.27. The molecule has 3 nitrogen and oxygen atoms in total. The van der Waals surface area contributed by atoms with Crippen LogP contribution < -0.4 is 10.6 Å². The number of carbonyl (C=O) groups is 1. The SMILES string of the molecule is CC1(C)CCC(CNC(=O)CC2CCNC2)CC1.Cl. The van der Waals surface area contributed by atoms with Gasteiger partial charge in [-0.25, -0.2) is 0 Å². The molecule has 0 spiro atoms. The van der Waals surface area contributed by atoms with Crippen molar-refractivity contribution in [3.05, 3.63) is 0 Å². The third-order valence-corrected chi connectivity index (χ3v) is 4.68. The van der Waals surface area contributed by atoms with Gasteiger partial charge in [0.15, 0.2) is 0 Å². The van der Waals surface area contributed by atoms with Gasteiger partial charge in [-0.2, -0.15) is 0 Å². The molecule has 0 aromatic heterocycles. The molecule has 2 fully saturated rings. The van der Waals surface area contributed by atoms with E-state index in [1.54, 1.807) is 0 Å². The maximum atomic E-state index is 11.8. The Balaban J connectivity index is 0.00000180. The van der Waals surface area contributed by atoms with Crippen molar-refractivity contribution >= 4 is 18.3 Å². The standard InChI is InChI=1S/C15H28N2O.ClH/c1-15(2)6-3-12(4-7-15)11-17-14(18)9-13-5-8-16-10-13;/h12-13,16H,3-11H2,1-2H3,(H,17,18);1H. The first-order chi connectivity index (χ1) is 8.55. The van der Waals surface area contributed by atoms with Crippen LogP contribution in [0.2, 0.25) is 0 Å². The molecule has 4 heteroatoms. The average Bonchev–Trinajstić information content (AvgIpc) is 2.80. The van der Waals surface area contributed by atoms with E-state index in [2.05, 4.69) is 24.5 Å². The fraction of sp³-hybridized carbons (Fsp3) is 0.933. The average molecular weight is 289 g/mol. The van der Waals surface area contributed by atoms with Crippen LogP contribution in [0.4, 0.5) is 0 Å². The van der Waals surface area contributed by atoms with Gasteiger partial charge in [-0.15, -0.1) is 12.4 Å². The molecule has 0 radical (unpaired) electrons. The van der Waals surface area contributed by atoms with E-state index in [4.69, 9.17) is 0 Å². The van der Waals surface area contributed by atoms with E-state index in [0.29, 0.717) is 23.7 Å². The molecule has 1 saturated carbocycles. The predicted octanol–water partition coefficient (Wildman–Crippen LogP) is 2.74. The summed E-state index contributed by atoms with van der Waals surface area (Å²) in [5.41, 5.74) is 0.524. The van der Waals surface area contributed by atoms with Crippen molar-refractivity contribution in [2.75, 3.05) is 19.6 Å². The molecule has 2 aliphatic rings. The molecule has 1 atom stereocenters. The van der Waals surface area contributed by atoms with Gasteiger partial charge in [-0.3, -0.25) is 4.79 Å². The molecule has 0 bridgehead atoms. The van der Waals surface area contributed by atoms with Gasteiger partial charge in [-0.05, 0) is 62.4 Å². The summed E-state index contributed by atoms with van der Waals surface area (Å²) in [6, 6.07) is 0. The molecule has 0 aromatic rings. The van der Waals surface area contributed by atoms with Gasteiger partial charge in [0.1, 0.15) is 0 Å². The van der Waals surface area contributed by atoms with Crippen LogP contribution in [0.25, 0.3) is 0 Å². The van der Waals surface area contributed by atoms with Crippen molar-refractivity contribution < 1.29 is 4.79 Å². The molecule has 1 aliphatic heterocycles. The van der Waals surface area contributed by atoms with Crippen LogP contribution in [0.5, 0.6) is 0 Å². The van der Waals surface area contributed by atoms with E-state index in [1.807, 2.05) is 0 Å². The molecule has 112 valence electrons. The first-order valence-electron chi connectivity index (χ1n) is 7.52. The smallest absolute Gasteiger partial charge is 0.220 e. The molecule has 1 unspecified atom stereocenters. The predicted molar refractivity (Wildman–Crippen MR) is 81.6 cm³/mol. The quantitative estimate of drug-likeness (QED) is 0.835. The van der Waals surface area contributed by atoms with Crippen LogP contribution in [0.15, 0.2) is 0 Å². The number of halogens is 1. The van der Waals surface area contributed by atoms with E-state index in [9.17, 15) is 4.79 Å². The van der Waals surface area contributed by atoms with E-state index < -0.39 is 0 Å². The Labute approximate surface area is 123 Å². The lowest BCUT2D eigenvalue weighted by atomic mass is 9.73. The Morgan fingerprint density at radius 1 is 1.21 bits per heavy atom. The maximum absolute atomic E-state index is 11.8. The summed E-state index contributed by atoms with van der Waals surface area (Å²) < 4.78 is 0. The lowest BCUT2D eigenvalue weighted by Crippen LogP contribution is -2.33. The Hall–Kier alpha value is -0.280. The maximum Gasteiger partial charge on any atom is 0.220 e. The Morgan fingerprint density at radius 2 is 1.89 bits per heavy atom. The van der Waals surface area contributed by atoms with Gasteiger partial charge in [-0.1, -0.05) is 13.8 Å².